The Kier molecular flexibility index (Phi) is 4.39. The highest BCUT2D eigenvalue weighted by molar-refractivity contribution is 5.99. The van der Waals surface area contributed by atoms with Crippen LogP contribution >= 0.6 is 0 Å². The molecule has 23 heavy (non-hydrogen) atoms. The number of carbonyl (C=O) groups excluding carboxylic acids is 2. The summed E-state index contributed by atoms with van der Waals surface area (Å²) in [6.45, 7) is 0.605. The van der Waals surface area contributed by atoms with Gasteiger partial charge < -0.3 is 5.32 Å². The summed E-state index contributed by atoms with van der Waals surface area (Å²) in [4.78, 5) is 25.0. The van der Waals surface area contributed by atoms with Gasteiger partial charge in [-0.05, 0) is 24.1 Å². The second kappa shape index (κ2) is 6.62. The minimum Gasteiger partial charge on any atom is -0.337 e. The summed E-state index contributed by atoms with van der Waals surface area (Å²) in [5.41, 5.74) is 6.10. The maximum absolute atomic E-state index is 12.5. The third-order valence-electron chi connectivity index (χ3n) is 4.05. The third-order valence-corrected chi connectivity index (χ3v) is 4.05. The van der Waals surface area contributed by atoms with E-state index in [2.05, 4.69) is 16.2 Å². The van der Waals surface area contributed by atoms with E-state index in [1.54, 1.807) is 24.3 Å². The van der Waals surface area contributed by atoms with E-state index in [1.165, 1.54) is 0 Å². The first-order chi connectivity index (χ1) is 11.2. The number of hydrogen-bond donors (Lipinski definition) is 3. The van der Waals surface area contributed by atoms with Crippen molar-refractivity contribution in [3.63, 3.8) is 0 Å². The van der Waals surface area contributed by atoms with E-state index in [0.717, 1.165) is 5.56 Å². The number of hydrazine groups is 1. The topological polar surface area (TPSA) is 70.2 Å². The first-order valence-electron chi connectivity index (χ1n) is 7.64. The first-order valence-corrected chi connectivity index (χ1v) is 7.64. The van der Waals surface area contributed by atoms with E-state index < -0.39 is 5.54 Å². The molecular weight excluding hydrogens is 290 g/mol. The molecule has 118 valence electrons. The molecule has 3 N–H and O–H groups in total. The second-order valence-electron chi connectivity index (χ2n) is 5.70. The summed E-state index contributed by atoms with van der Waals surface area (Å²) >= 11 is 0. The van der Waals surface area contributed by atoms with E-state index in [4.69, 9.17) is 0 Å². The molecule has 0 unspecified atom stereocenters. The van der Waals surface area contributed by atoms with Gasteiger partial charge in [-0.15, -0.1) is 0 Å². The van der Waals surface area contributed by atoms with Crippen LogP contribution in [0.2, 0.25) is 0 Å². The molecule has 2 amide bonds. The Hall–Kier alpha value is -2.66. The fraction of sp³-hybridized carbons (Fsp3) is 0.222. The van der Waals surface area contributed by atoms with Gasteiger partial charge in [0, 0.05) is 18.5 Å². The first kappa shape index (κ1) is 15.2. The molecule has 0 bridgehead atoms. The Balaban J connectivity index is 1.86. The zero-order chi connectivity index (χ0) is 16.1. The van der Waals surface area contributed by atoms with Gasteiger partial charge in [0.15, 0.2) is 0 Å². The van der Waals surface area contributed by atoms with Crippen molar-refractivity contribution in [3.8, 4) is 0 Å². The molecule has 1 fully saturated rings. The summed E-state index contributed by atoms with van der Waals surface area (Å²) in [7, 11) is 0. The maximum Gasteiger partial charge on any atom is 0.260 e. The number of nitrogens with one attached hydrogen (secondary N) is 3. The number of hydrogen-bond acceptors (Lipinski definition) is 3. The number of rotatable bonds is 4. The van der Waals surface area contributed by atoms with Crippen LogP contribution in [-0.2, 0) is 11.2 Å². The van der Waals surface area contributed by atoms with Crippen LogP contribution in [0.1, 0.15) is 22.3 Å². The molecule has 5 nitrogen and oxygen atoms in total. The average molecular weight is 309 g/mol. The third kappa shape index (κ3) is 3.40. The zero-order valence-corrected chi connectivity index (χ0v) is 12.7. The lowest BCUT2D eigenvalue weighted by atomic mass is 9.85. The van der Waals surface area contributed by atoms with Crippen molar-refractivity contribution in [1.29, 1.82) is 0 Å². The lowest BCUT2D eigenvalue weighted by molar-refractivity contribution is -0.130. The van der Waals surface area contributed by atoms with Crippen molar-refractivity contribution in [3.05, 3.63) is 71.8 Å². The monoisotopic (exact) mass is 309 g/mol. The Morgan fingerprint density at radius 3 is 2.35 bits per heavy atom. The fourth-order valence-corrected chi connectivity index (χ4v) is 2.81. The van der Waals surface area contributed by atoms with Crippen molar-refractivity contribution in [1.82, 2.24) is 16.2 Å². The fourth-order valence-electron chi connectivity index (χ4n) is 2.81. The van der Waals surface area contributed by atoms with Gasteiger partial charge in [-0.1, -0.05) is 48.5 Å². The van der Waals surface area contributed by atoms with E-state index in [-0.39, 0.29) is 11.8 Å². The largest absolute Gasteiger partial charge is 0.337 e. The SMILES string of the molecule is O=C(N[C@@]1(Cc2ccccc2)CCNNC1=O)c1ccccc1. The van der Waals surface area contributed by atoms with Crippen molar-refractivity contribution in [2.45, 2.75) is 18.4 Å². The highest BCUT2D eigenvalue weighted by atomic mass is 16.2. The zero-order valence-electron chi connectivity index (χ0n) is 12.7. The molecule has 1 saturated heterocycles. The van der Waals surface area contributed by atoms with Crippen molar-refractivity contribution in [2.24, 2.45) is 0 Å². The van der Waals surface area contributed by atoms with E-state index in [0.29, 0.717) is 24.9 Å². The molecule has 1 heterocycles. The molecular formula is C18H19N3O2. The number of amides is 2. The maximum atomic E-state index is 12.5. The Morgan fingerprint density at radius 2 is 1.70 bits per heavy atom. The van der Waals surface area contributed by atoms with E-state index in [1.807, 2.05) is 36.4 Å². The highest BCUT2D eigenvalue weighted by Crippen LogP contribution is 2.20. The molecule has 0 radical (unpaired) electrons. The van der Waals surface area contributed by atoms with Crippen LogP contribution in [-0.4, -0.2) is 23.9 Å². The lowest BCUT2D eigenvalue weighted by Crippen LogP contribution is -2.67. The smallest absolute Gasteiger partial charge is 0.260 e. The molecule has 1 aliphatic heterocycles. The average Bonchev–Trinajstić information content (AvgIpc) is 2.59. The number of carbonyl (C=O) groups is 2. The number of benzene rings is 2. The lowest BCUT2D eigenvalue weighted by Gasteiger charge is -2.37. The Labute approximate surface area is 135 Å². The second-order valence-corrected chi connectivity index (χ2v) is 5.70. The molecule has 0 aliphatic carbocycles. The summed E-state index contributed by atoms with van der Waals surface area (Å²) < 4.78 is 0. The minimum atomic E-state index is -0.945. The van der Waals surface area contributed by atoms with Crippen LogP contribution in [0.4, 0.5) is 0 Å². The van der Waals surface area contributed by atoms with Crippen molar-refractivity contribution in [2.75, 3.05) is 6.54 Å². The van der Waals surface area contributed by atoms with Crippen LogP contribution in [0.25, 0.3) is 0 Å². The van der Waals surface area contributed by atoms with Gasteiger partial charge in [0.1, 0.15) is 5.54 Å². The van der Waals surface area contributed by atoms with Gasteiger partial charge in [0.2, 0.25) is 0 Å². The van der Waals surface area contributed by atoms with Crippen LogP contribution in [0.15, 0.2) is 60.7 Å². The molecule has 2 aromatic carbocycles. The molecule has 1 aliphatic rings. The van der Waals surface area contributed by atoms with Crippen molar-refractivity contribution < 1.29 is 9.59 Å². The molecule has 0 aromatic heterocycles. The molecule has 5 heteroatoms. The molecule has 0 spiro atoms. The molecule has 1 atom stereocenters. The summed E-state index contributed by atoms with van der Waals surface area (Å²) in [6, 6.07) is 18.7. The van der Waals surface area contributed by atoms with Gasteiger partial charge in [0.25, 0.3) is 11.8 Å². The predicted molar refractivity (Wildman–Crippen MR) is 87.5 cm³/mol. The minimum absolute atomic E-state index is 0.211. The highest BCUT2D eigenvalue weighted by Gasteiger charge is 2.42. The Bertz CT molecular complexity index is 688. The van der Waals surface area contributed by atoms with Crippen molar-refractivity contribution >= 4 is 11.8 Å². The van der Waals surface area contributed by atoms with Crippen LogP contribution < -0.4 is 16.2 Å². The van der Waals surface area contributed by atoms with Gasteiger partial charge in [-0.3, -0.25) is 15.0 Å². The molecule has 0 saturated carbocycles. The van der Waals surface area contributed by atoms with Gasteiger partial charge in [0.05, 0.1) is 0 Å². The standard InChI is InChI=1S/C18H19N3O2/c22-16(15-9-5-2-6-10-15)20-18(11-12-19-21-17(18)23)13-14-7-3-1-4-8-14/h1-10,19H,11-13H2,(H,20,22)(H,21,23)/t18-/m1/s1. The van der Waals surface area contributed by atoms with Crippen LogP contribution in [0.5, 0.6) is 0 Å². The van der Waals surface area contributed by atoms with Gasteiger partial charge in [-0.25, -0.2) is 5.43 Å². The van der Waals surface area contributed by atoms with Crippen LogP contribution in [0, 0.1) is 0 Å². The normalized spacial score (nSPS) is 20.6. The van der Waals surface area contributed by atoms with Gasteiger partial charge in [-0.2, -0.15) is 0 Å². The Morgan fingerprint density at radius 1 is 1.04 bits per heavy atom. The summed E-state index contributed by atoms with van der Waals surface area (Å²) in [5, 5.41) is 2.96. The van der Waals surface area contributed by atoms with E-state index >= 15 is 0 Å². The van der Waals surface area contributed by atoms with E-state index in [9.17, 15) is 9.59 Å². The van der Waals surface area contributed by atoms with Crippen LogP contribution in [0.3, 0.4) is 0 Å². The van der Waals surface area contributed by atoms with Gasteiger partial charge >= 0.3 is 0 Å². The summed E-state index contributed by atoms with van der Waals surface area (Å²) in [5.74, 6) is -0.449. The molecule has 2 aromatic rings. The predicted octanol–water partition coefficient (Wildman–Crippen LogP) is 1.42. The molecule has 3 rings (SSSR count). The quantitative estimate of drug-likeness (QED) is 0.800. The summed E-state index contributed by atoms with van der Waals surface area (Å²) in [6.07, 6.45) is 0.992.